The second kappa shape index (κ2) is 6.90. The molecule has 2 nitrogen and oxygen atoms in total. The highest BCUT2D eigenvalue weighted by atomic mass is 16.1. The average Bonchev–Trinajstić information content (AvgIpc) is 2.48. The highest BCUT2D eigenvalue weighted by Crippen LogP contribution is 2.17. The van der Waals surface area contributed by atoms with Crippen molar-refractivity contribution in [3.8, 4) is 0 Å². The van der Waals surface area contributed by atoms with Crippen molar-refractivity contribution in [3.05, 3.63) is 65.7 Å². The molecule has 104 valence electrons. The number of anilines is 1. The van der Waals surface area contributed by atoms with Gasteiger partial charge in [0.15, 0.2) is 5.78 Å². The van der Waals surface area contributed by atoms with Crippen molar-refractivity contribution in [2.45, 2.75) is 26.3 Å². The molecule has 0 radical (unpaired) electrons. The predicted molar refractivity (Wildman–Crippen MR) is 84.2 cm³/mol. The molecule has 0 aliphatic heterocycles. The van der Waals surface area contributed by atoms with E-state index in [0.29, 0.717) is 6.42 Å². The van der Waals surface area contributed by atoms with Gasteiger partial charge in [0.1, 0.15) is 0 Å². The first-order chi connectivity index (χ1) is 9.70. The fourth-order valence-corrected chi connectivity index (χ4v) is 2.22. The molecule has 0 N–H and O–H groups in total. The lowest BCUT2D eigenvalue weighted by molar-refractivity contribution is 0.0982. The number of carbonyl (C=O) groups excluding carboxylic acids is 1. The van der Waals surface area contributed by atoms with Gasteiger partial charge in [0, 0.05) is 31.3 Å². The third-order valence-electron chi connectivity index (χ3n) is 3.37. The first kappa shape index (κ1) is 14.3. The Morgan fingerprint density at radius 2 is 1.65 bits per heavy atom. The molecule has 0 aromatic heterocycles. The molecular formula is C18H21NO. The normalized spacial score (nSPS) is 10.3. The molecule has 0 saturated heterocycles. The molecule has 0 fully saturated rings. The van der Waals surface area contributed by atoms with Gasteiger partial charge in [0.2, 0.25) is 0 Å². The molecule has 2 aromatic rings. The summed E-state index contributed by atoms with van der Waals surface area (Å²) in [6.45, 7) is 2.89. The number of nitrogens with zero attached hydrogens (tertiary/aromatic N) is 1. The summed E-state index contributed by atoms with van der Waals surface area (Å²) in [5.74, 6) is 0.227. The SMILES string of the molecule is CCCC(=O)c1ccc(N(C)Cc2ccccc2)cc1. The molecule has 2 heteroatoms. The Balaban J connectivity index is 2.04. The van der Waals surface area contributed by atoms with E-state index in [1.807, 2.05) is 37.3 Å². The van der Waals surface area contributed by atoms with E-state index in [2.05, 4.69) is 36.2 Å². The monoisotopic (exact) mass is 267 g/mol. The fourth-order valence-electron chi connectivity index (χ4n) is 2.22. The van der Waals surface area contributed by atoms with Crippen LogP contribution in [0.15, 0.2) is 54.6 Å². The summed E-state index contributed by atoms with van der Waals surface area (Å²) in [4.78, 5) is 14.0. The highest BCUT2D eigenvalue weighted by Gasteiger charge is 2.06. The van der Waals surface area contributed by atoms with E-state index in [1.165, 1.54) is 5.56 Å². The molecule has 0 amide bonds. The minimum atomic E-state index is 0.227. The molecule has 0 atom stereocenters. The van der Waals surface area contributed by atoms with Gasteiger partial charge >= 0.3 is 0 Å². The number of benzene rings is 2. The van der Waals surface area contributed by atoms with Crippen LogP contribution in [0.25, 0.3) is 0 Å². The molecule has 0 bridgehead atoms. The first-order valence-electron chi connectivity index (χ1n) is 7.09. The standard InChI is InChI=1S/C18H21NO/c1-3-7-18(20)16-10-12-17(13-11-16)19(2)14-15-8-5-4-6-9-15/h4-6,8-13H,3,7,14H2,1-2H3. The quantitative estimate of drug-likeness (QED) is 0.727. The Bertz CT molecular complexity index is 545. The molecule has 0 aliphatic rings. The van der Waals surface area contributed by atoms with E-state index in [0.717, 1.165) is 24.2 Å². The van der Waals surface area contributed by atoms with Crippen molar-refractivity contribution < 1.29 is 4.79 Å². The van der Waals surface area contributed by atoms with Crippen LogP contribution in [0.3, 0.4) is 0 Å². The average molecular weight is 267 g/mol. The van der Waals surface area contributed by atoms with Crippen molar-refractivity contribution in [1.82, 2.24) is 0 Å². The van der Waals surface area contributed by atoms with E-state index >= 15 is 0 Å². The molecule has 0 unspecified atom stereocenters. The van der Waals surface area contributed by atoms with Crippen LogP contribution in [-0.4, -0.2) is 12.8 Å². The zero-order valence-corrected chi connectivity index (χ0v) is 12.2. The molecule has 20 heavy (non-hydrogen) atoms. The summed E-state index contributed by atoms with van der Waals surface area (Å²) in [6.07, 6.45) is 1.52. The van der Waals surface area contributed by atoms with Crippen LogP contribution in [0.1, 0.15) is 35.7 Å². The summed E-state index contributed by atoms with van der Waals surface area (Å²) in [6, 6.07) is 18.3. The summed E-state index contributed by atoms with van der Waals surface area (Å²) in [7, 11) is 2.07. The van der Waals surface area contributed by atoms with Crippen LogP contribution in [-0.2, 0) is 6.54 Å². The topological polar surface area (TPSA) is 20.3 Å². The maximum atomic E-state index is 11.8. The third-order valence-corrected chi connectivity index (χ3v) is 3.37. The number of ketones is 1. The van der Waals surface area contributed by atoms with Crippen LogP contribution in [0, 0.1) is 0 Å². The molecule has 0 heterocycles. The van der Waals surface area contributed by atoms with Crippen molar-refractivity contribution in [2.24, 2.45) is 0 Å². The van der Waals surface area contributed by atoms with Gasteiger partial charge in [-0.15, -0.1) is 0 Å². The van der Waals surface area contributed by atoms with E-state index in [4.69, 9.17) is 0 Å². The maximum Gasteiger partial charge on any atom is 0.162 e. The second-order valence-electron chi connectivity index (χ2n) is 5.06. The Labute approximate surface area is 121 Å². The van der Waals surface area contributed by atoms with Gasteiger partial charge in [0.05, 0.1) is 0 Å². The molecule has 2 rings (SSSR count). The fraction of sp³-hybridized carbons (Fsp3) is 0.278. The number of Topliss-reactive ketones (excluding diaryl/α,β-unsaturated/α-hetero) is 1. The lowest BCUT2D eigenvalue weighted by atomic mass is 10.1. The Hall–Kier alpha value is -2.09. The Morgan fingerprint density at radius 1 is 1.00 bits per heavy atom. The molecule has 0 spiro atoms. The van der Waals surface area contributed by atoms with Gasteiger partial charge < -0.3 is 4.90 Å². The smallest absolute Gasteiger partial charge is 0.162 e. The van der Waals surface area contributed by atoms with Crippen molar-refractivity contribution in [2.75, 3.05) is 11.9 Å². The van der Waals surface area contributed by atoms with E-state index in [1.54, 1.807) is 0 Å². The number of hydrogen-bond acceptors (Lipinski definition) is 2. The van der Waals surface area contributed by atoms with Gasteiger partial charge in [-0.2, -0.15) is 0 Å². The molecule has 2 aromatic carbocycles. The largest absolute Gasteiger partial charge is 0.370 e. The van der Waals surface area contributed by atoms with Crippen molar-refractivity contribution >= 4 is 11.5 Å². The van der Waals surface area contributed by atoms with Gasteiger partial charge in [-0.3, -0.25) is 4.79 Å². The lowest BCUT2D eigenvalue weighted by Gasteiger charge is -2.19. The van der Waals surface area contributed by atoms with Crippen molar-refractivity contribution in [3.63, 3.8) is 0 Å². The van der Waals surface area contributed by atoms with Crippen LogP contribution in [0.4, 0.5) is 5.69 Å². The van der Waals surface area contributed by atoms with Crippen molar-refractivity contribution in [1.29, 1.82) is 0 Å². The van der Waals surface area contributed by atoms with E-state index in [-0.39, 0.29) is 5.78 Å². The van der Waals surface area contributed by atoms with E-state index < -0.39 is 0 Å². The van der Waals surface area contributed by atoms with Gasteiger partial charge in [-0.25, -0.2) is 0 Å². The number of hydrogen-bond donors (Lipinski definition) is 0. The summed E-state index contributed by atoms with van der Waals surface area (Å²) >= 11 is 0. The third kappa shape index (κ3) is 3.70. The van der Waals surface area contributed by atoms with Crippen LogP contribution < -0.4 is 4.90 Å². The second-order valence-corrected chi connectivity index (χ2v) is 5.06. The number of carbonyl (C=O) groups is 1. The summed E-state index contributed by atoms with van der Waals surface area (Å²) < 4.78 is 0. The van der Waals surface area contributed by atoms with Gasteiger partial charge in [-0.05, 0) is 36.2 Å². The molecule has 0 saturated carbocycles. The lowest BCUT2D eigenvalue weighted by Crippen LogP contribution is -2.16. The number of rotatable bonds is 6. The van der Waals surface area contributed by atoms with Gasteiger partial charge in [0.25, 0.3) is 0 Å². The first-order valence-corrected chi connectivity index (χ1v) is 7.09. The Morgan fingerprint density at radius 3 is 2.25 bits per heavy atom. The van der Waals surface area contributed by atoms with Crippen LogP contribution in [0.5, 0.6) is 0 Å². The maximum absolute atomic E-state index is 11.8. The summed E-state index contributed by atoms with van der Waals surface area (Å²) in [5, 5.41) is 0. The van der Waals surface area contributed by atoms with Gasteiger partial charge in [-0.1, -0.05) is 37.3 Å². The van der Waals surface area contributed by atoms with Crippen LogP contribution >= 0.6 is 0 Å². The zero-order valence-electron chi connectivity index (χ0n) is 12.2. The zero-order chi connectivity index (χ0) is 14.4. The minimum absolute atomic E-state index is 0.227. The highest BCUT2D eigenvalue weighted by molar-refractivity contribution is 5.96. The Kier molecular flexibility index (Phi) is 4.94. The minimum Gasteiger partial charge on any atom is -0.370 e. The molecule has 0 aliphatic carbocycles. The van der Waals surface area contributed by atoms with E-state index in [9.17, 15) is 4.79 Å². The summed E-state index contributed by atoms with van der Waals surface area (Å²) in [5.41, 5.74) is 3.21. The van der Waals surface area contributed by atoms with Crippen LogP contribution in [0.2, 0.25) is 0 Å². The molecular weight excluding hydrogens is 246 g/mol. The predicted octanol–water partition coefficient (Wildman–Crippen LogP) is 4.31.